The molecule has 184 valence electrons. The van der Waals surface area contributed by atoms with Crippen LogP contribution in [0.2, 0.25) is 0 Å². The van der Waals surface area contributed by atoms with Crippen LogP contribution >= 0.6 is 11.8 Å². The SMILES string of the molecule is O=C(CCCn1c(SCC(=O)NC2CCCCC2)nc2ccccc2c1=O)NCc1ccccc1. The van der Waals surface area contributed by atoms with Crippen molar-refractivity contribution in [3.05, 3.63) is 70.5 Å². The van der Waals surface area contributed by atoms with Crippen LogP contribution in [0.1, 0.15) is 50.5 Å². The molecule has 0 unspecified atom stereocenters. The Bertz CT molecular complexity index is 1210. The molecular formula is C27H32N4O3S. The molecule has 1 aliphatic carbocycles. The summed E-state index contributed by atoms with van der Waals surface area (Å²) in [6, 6.07) is 17.2. The molecule has 1 heterocycles. The van der Waals surface area contributed by atoms with Crippen LogP contribution in [0, 0.1) is 0 Å². The van der Waals surface area contributed by atoms with Gasteiger partial charge in [-0.3, -0.25) is 19.0 Å². The van der Waals surface area contributed by atoms with Gasteiger partial charge in [0.1, 0.15) is 0 Å². The topological polar surface area (TPSA) is 93.1 Å². The normalized spacial score (nSPS) is 14.1. The van der Waals surface area contributed by atoms with Gasteiger partial charge in [-0.15, -0.1) is 0 Å². The predicted octanol–water partition coefficient (Wildman–Crippen LogP) is 4.03. The molecule has 4 rings (SSSR count). The van der Waals surface area contributed by atoms with Crippen molar-refractivity contribution in [3.63, 3.8) is 0 Å². The van der Waals surface area contributed by atoms with E-state index in [2.05, 4.69) is 15.6 Å². The van der Waals surface area contributed by atoms with E-state index in [1.54, 1.807) is 10.6 Å². The van der Waals surface area contributed by atoms with Gasteiger partial charge in [-0.25, -0.2) is 4.98 Å². The van der Waals surface area contributed by atoms with Gasteiger partial charge in [0.05, 0.1) is 16.7 Å². The van der Waals surface area contributed by atoms with E-state index in [4.69, 9.17) is 0 Å². The molecule has 0 spiro atoms. The second kappa shape index (κ2) is 12.5. The summed E-state index contributed by atoms with van der Waals surface area (Å²) in [7, 11) is 0. The molecule has 7 nitrogen and oxygen atoms in total. The van der Waals surface area contributed by atoms with Gasteiger partial charge in [-0.1, -0.05) is 73.5 Å². The van der Waals surface area contributed by atoms with E-state index < -0.39 is 0 Å². The van der Waals surface area contributed by atoms with Crippen LogP contribution in [0.4, 0.5) is 0 Å². The highest BCUT2D eigenvalue weighted by atomic mass is 32.2. The fourth-order valence-corrected chi connectivity index (χ4v) is 5.22. The summed E-state index contributed by atoms with van der Waals surface area (Å²) < 4.78 is 1.60. The Labute approximate surface area is 209 Å². The summed E-state index contributed by atoms with van der Waals surface area (Å²) in [6.45, 7) is 0.844. The van der Waals surface area contributed by atoms with Gasteiger partial charge in [0.2, 0.25) is 11.8 Å². The number of aromatic nitrogens is 2. The third-order valence-electron chi connectivity index (χ3n) is 6.25. The molecule has 1 saturated carbocycles. The quantitative estimate of drug-likeness (QED) is 0.329. The summed E-state index contributed by atoms with van der Waals surface area (Å²) in [5.74, 6) is 0.117. The van der Waals surface area contributed by atoms with Crippen LogP contribution in [0.15, 0.2) is 64.5 Å². The van der Waals surface area contributed by atoms with Crippen LogP contribution in [0.5, 0.6) is 0 Å². The molecule has 2 amide bonds. The zero-order valence-corrected chi connectivity index (χ0v) is 20.7. The van der Waals surface area contributed by atoms with Gasteiger partial charge in [0.25, 0.3) is 5.56 Å². The maximum absolute atomic E-state index is 13.2. The number of carbonyl (C=O) groups is 2. The molecule has 1 aromatic heterocycles. The molecule has 0 bridgehead atoms. The standard InChI is InChI=1S/C27H32N4O3S/c32-24(28-18-20-10-3-1-4-11-20)16-9-17-31-26(34)22-14-7-8-15-23(22)30-27(31)35-19-25(33)29-21-12-5-2-6-13-21/h1,3-4,7-8,10-11,14-15,21H,2,5-6,9,12-13,16-19H2,(H,28,32)(H,29,33). The zero-order chi connectivity index (χ0) is 24.5. The van der Waals surface area contributed by atoms with Gasteiger partial charge in [0.15, 0.2) is 5.16 Å². The van der Waals surface area contributed by atoms with Crippen LogP contribution in [-0.2, 0) is 22.7 Å². The molecule has 3 aromatic rings. The lowest BCUT2D eigenvalue weighted by Crippen LogP contribution is -2.37. The maximum atomic E-state index is 13.2. The smallest absolute Gasteiger partial charge is 0.262 e. The second-order valence-electron chi connectivity index (χ2n) is 8.93. The summed E-state index contributed by atoms with van der Waals surface area (Å²) >= 11 is 1.28. The molecule has 0 saturated heterocycles. The van der Waals surface area contributed by atoms with Crippen molar-refractivity contribution in [1.29, 1.82) is 0 Å². The lowest BCUT2D eigenvalue weighted by Gasteiger charge is -2.22. The fourth-order valence-electron chi connectivity index (χ4n) is 4.38. The number of rotatable bonds is 10. The Morgan fingerprint density at radius 2 is 1.71 bits per heavy atom. The third-order valence-corrected chi connectivity index (χ3v) is 7.22. The molecule has 1 fully saturated rings. The van der Waals surface area contributed by atoms with Gasteiger partial charge >= 0.3 is 0 Å². The van der Waals surface area contributed by atoms with Crippen molar-refractivity contribution in [1.82, 2.24) is 20.2 Å². The van der Waals surface area contributed by atoms with E-state index in [9.17, 15) is 14.4 Å². The summed E-state index contributed by atoms with van der Waals surface area (Å²) in [5.41, 5.74) is 1.51. The van der Waals surface area contributed by atoms with Crippen molar-refractivity contribution >= 4 is 34.5 Å². The third kappa shape index (κ3) is 7.18. The molecule has 2 N–H and O–H groups in total. The van der Waals surface area contributed by atoms with E-state index >= 15 is 0 Å². The molecular weight excluding hydrogens is 460 g/mol. The first-order valence-corrected chi connectivity index (χ1v) is 13.3. The van der Waals surface area contributed by atoms with Crippen LogP contribution in [0.25, 0.3) is 10.9 Å². The van der Waals surface area contributed by atoms with Gasteiger partial charge < -0.3 is 10.6 Å². The van der Waals surface area contributed by atoms with Gasteiger partial charge in [-0.05, 0) is 37.0 Å². The van der Waals surface area contributed by atoms with Gasteiger partial charge in [-0.2, -0.15) is 0 Å². The van der Waals surface area contributed by atoms with Crippen molar-refractivity contribution in [2.24, 2.45) is 0 Å². The van der Waals surface area contributed by atoms with E-state index in [1.807, 2.05) is 48.5 Å². The fraction of sp³-hybridized carbons (Fsp3) is 0.407. The molecule has 0 atom stereocenters. The van der Waals surface area contributed by atoms with Crippen LogP contribution < -0.4 is 16.2 Å². The van der Waals surface area contributed by atoms with E-state index in [1.165, 1.54) is 18.2 Å². The Morgan fingerprint density at radius 3 is 2.51 bits per heavy atom. The number of carbonyl (C=O) groups excluding carboxylic acids is 2. The number of amides is 2. The predicted molar refractivity (Wildman–Crippen MR) is 139 cm³/mol. The Kier molecular flexibility index (Phi) is 8.95. The highest BCUT2D eigenvalue weighted by molar-refractivity contribution is 7.99. The first-order valence-electron chi connectivity index (χ1n) is 12.3. The minimum absolute atomic E-state index is 0.0313. The number of nitrogens with zero attached hydrogens (tertiary/aromatic N) is 2. The number of nitrogens with one attached hydrogen (secondary N) is 2. The average Bonchev–Trinajstić information content (AvgIpc) is 2.89. The lowest BCUT2D eigenvalue weighted by molar-refractivity contribution is -0.121. The minimum atomic E-state index is -0.143. The van der Waals surface area contributed by atoms with E-state index in [0.29, 0.717) is 42.0 Å². The molecule has 1 aliphatic rings. The van der Waals surface area contributed by atoms with Crippen molar-refractivity contribution in [3.8, 4) is 0 Å². The zero-order valence-electron chi connectivity index (χ0n) is 19.9. The Balaban J connectivity index is 1.38. The van der Waals surface area contributed by atoms with Crippen molar-refractivity contribution in [2.75, 3.05) is 5.75 Å². The number of para-hydroxylation sites is 1. The average molecular weight is 493 g/mol. The number of benzene rings is 2. The van der Waals surface area contributed by atoms with Gasteiger partial charge in [0, 0.05) is 25.6 Å². The first-order chi connectivity index (χ1) is 17.1. The largest absolute Gasteiger partial charge is 0.353 e. The Morgan fingerprint density at radius 1 is 0.971 bits per heavy atom. The monoisotopic (exact) mass is 492 g/mol. The summed E-state index contributed by atoms with van der Waals surface area (Å²) in [4.78, 5) is 42.7. The molecule has 35 heavy (non-hydrogen) atoms. The summed E-state index contributed by atoms with van der Waals surface area (Å²) in [6.07, 6.45) is 6.41. The van der Waals surface area contributed by atoms with E-state index in [0.717, 1.165) is 31.2 Å². The molecule has 2 aromatic carbocycles. The lowest BCUT2D eigenvalue weighted by atomic mass is 9.95. The van der Waals surface area contributed by atoms with Crippen LogP contribution in [-0.4, -0.2) is 33.2 Å². The molecule has 0 radical (unpaired) electrons. The first kappa shape index (κ1) is 25.0. The van der Waals surface area contributed by atoms with Crippen LogP contribution in [0.3, 0.4) is 0 Å². The minimum Gasteiger partial charge on any atom is -0.353 e. The number of thioether (sulfide) groups is 1. The summed E-state index contributed by atoms with van der Waals surface area (Å²) in [5, 5.41) is 7.09. The maximum Gasteiger partial charge on any atom is 0.262 e. The second-order valence-corrected chi connectivity index (χ2v) is 9.87. The number of hydrogen-bond acceptors (Lipinski definition) is 5. The van der Waals surface area contributed by atoms with E-state index in [-0.39, 0.29) is 29.2 Å². The van der Waals surface area contributed by atoms with Crippen molar-refractivity contribution in [2.45, 2.75) is 69.2 Å². The van der Waals surface area contributed by atoms with Crippen molar-refractivity contribution < 1.29 is 9.59 Å². The highest BCUT2D eigenvalue weighted by Crippen LogP contribution is 2.20. The molecule has 0 aliphatic heterocycles. The number of fused-ring (bicyclic) bond motifs is 1. The molecule has 8 heteroatoms. The Hall–Kier alpha value is -3.13. The highest BCUT2D eigenvalue weighted by Gasteiger charge is 2.17. The number of hydrogen-bond donors (Lipinski definition) is 2.